The van der Waals surface area contributed by atoms with Crippen LogP contribution in [0.25, 0.3) is 0 Å². The summed E-state index contributed by atoms with van der Waals surface area (Å²) < 4.78 is 32.1. The molecule has 0 atom stereocenters. The third kappa shape index (κ3) is 3.76. The molecule has 0 aliphatic rings. The minimum atomic E-state index is -3.75. The van der Waals surface area contributed by atoms with Crippen LogP contribution in [0.2, 0.25) is 0 Å². The quantitative estimate of drug-likeness (QED) is 0.897. The van der Waals surface area contributed by atoms with Gasteiger partial charge < -0.3 is 9.84 Å². The van der Waals surface area contributed by atoms with Gasteiger partial charge in [-0.2, -0.15) is 0 Å². The molecule has 120 valence electrons. The number of sulfonamides is 1. The van der Waals surface area contributed by atoms with Crippen molar-refractivity contribution in [3.05, 3.63) is 29.8 Å². The van der Waals surface area contributed by atoms with Crippen molar-refractivity contribution in [2.75, 3.05) is 10.0 Å². The van der Waals surface area contributed by atoms with Crippen LogP contribution in [0, 0.1) is 13.8 Å². The number of rotatable bonds is 4. The molecule has 2 N–H and O–H groups in total. The van der Waals surface area contributed by atoms with E-state index in [2.05, 4.69) is 20.2 Å². The van der Waals surface area contributed by atoms with Gasteiger partial charge in [0.25, 0.3) is 10.0 Å². The van der Waals surface area contributed by atoms with Crippen LogP contribution in [0.5, 0.6) is 0 Å². The van der Waals surface area contributed by atoms with E-state index >= 15 is 0 Å². The SMILES string of the molecule is Cc1noc(C)c1S(=O)(=O)Nc1ccc(NC(C)(C)C)nc1. The lowest BCUT2D eigenvalue weighted by molar-refractivity contribution is 0.390. The maximum atomic E-state index is 12.4. The van der Waals surface area contributed by atoms with Crippen molar-refractivity contribution < 1.29 is 12.9 Å². The maximum Gasteiger partial charge on any atom is 0.267 e. The van der Waals surface area contributed by atoms with Gasteiger partial charge in [0, 0.05) is 5.54 Å². The van der Waals surface area contributed by atoms with E-state index in [1.54, 1.807) is 26.0 Å². The zero-order valence-electron chi connectivity index (χ0n) is 13.3. The summed E-state index contributed by atoms with van der Waals surface area (Å²) in [6.45, 7) is 9.19. The molecule has 0 fully saturated rings. The van der Waals surface area contributed by atoms with Crippen LogP contribution in [0.4, 0.5) is 11.5 Å². The number of aromatic nitrogens is 2. The summed E-state index contributed by atoms with van der Waals surface area (Å²) >= 11 is 0. The van der Waals surface area contributed by atoms with Gasteiger partial charge in [-0.15, -0.1) is 0 Å². The zero-order chi connectivity index (χ0) is 16.5. The standard InChI is InChI=1S/C14H20N4O3S/c1-9-13(10(2)21-17-9)22(19,20)18-11-6-7-12(15-8-11)16-14(3,4)5/h6-8,18H,1-5H3,(H,15,16). The van der Waals surface area contributed by atoms with E-state index in [0.29, 0.717) is 17.2 Å². The number of hydrogen-bond donors (Lipinski definition) is 2. The minimum absolute atomic E-state index is 0.0596. The summed E-state index contributed by atoms with van der Waals surface area (Å²) in [4.78, 5) is 4.26. The molecule has 0 saturated heterocycles. The summed E-state index contributed by atoms with van der Waals surface area (Å²) in [5.41, 5.74) is 0.577. The molecule has 0 aromatic carbocycles. The van der Waals surface area contributed by atoms with Crippen LogP contribution in [-0.4, -0.2) is 24.1 Å². The van der Waals surface area contributed by atoms with Gasteiger partial charge in [-0.3, -0.25) is 4.72 Å². The Kier molecular flexibility index (Phi) is 4.15. The summed E-state index contributed by atoms with van der Waals surface area (Å²) in [5.74, 6) is 0.928. The van der Waals surface area contributed by atoms with Gasteiger partial charge in [0.15, 0.2) is 10.7 Å². The highest BCUT2D eigenvalue weighted by atomic mass is 32.2. The molecule has 0 unspecified atom stereocenters. The van der Waals surface area contributed by atoms with E-state index in [1.807, 2.05) is 20.8 Å². The third-order valence-corrected chi connectivity index (χ3v) is 4.38. The fourth-order valence-electron chi connectivity index (χ4n) is 1.98. The topological polar surface area (TPSA) is 97.1 Å². The van der Waals surface area contributed by atoms with Gasteiger partial charge in [0.05, 0.1) is 11.9 Å². The zero-order valence-corrected chi connectivity index (χ0v) is 14.1. The Bertz CT molecular complexity index is 739. The van der Waals surface area contributed by atoms with Gasteiger partial charge in [-0.1, -0.05) is 5.16 Å². The highest BCUT2D eigenvalue weighted by Gasteiger charge is 2.24. The molecular formula is C14H20N4O3S. The summed E-state index contributed by atoms with van der Waals surface area (Å²) in [7, 11) is -3.75. The first kappa shape index (κ1) is 16.3. The number of hydrogen-bond acceptors (Lipinski definition) is 6. The lowest BCUT2D eigenvalue weighted by Gasteiger charge is -2.21. The Morgan fingerprint density at radius 3 is 2.32 bits per heavy atom. The van der Waals surface area contributed by atoms with E-state index in [-0.39, 0.29) is 16.2 Å². The second kappa shape index (κ2) is 5.60. The Balaban J connectivity index is 2.21. The average molecular weight is 324 g/mol. The molecule has 2 heterocycles. The lowest BCUT2D eigenvalue weighted by Crippen LogP contribution is -2.26. The lowest BCUT2D eigenvalue weighted by atomic mass is 10.1. The molecule has 0 amide bonds. The fraction of sp³-hybridized carbons (Fsp3) is 0.429. The normalized spacial score (nSPS) is 12.2. The Morgan fingerprint density at radius 1 is 1.18 bits per heavy atom. The van der Waals surface area contributed by atoms with E-state index in [9.17, 15) is 8.42 Å². The summed E-state index contributed by atoms with van der Waals surface area (Å²) in [6.07, 6.45) is 1.46. The van der Waals surface area contributed by atoms with Crippen LogP contribution < -0.4 is 10.0 Å². The molecule has 7 nitrogen and oxygen atoms in total. The Morgan fingerprint density at radius 2 is 1.86 bits per heavy atom. The van der Waals surface area contributed by atoms with Crippen LogP contribution in [-0.2, 0) is 10.0 Å². The van der Waals surface area contributed by atoms with Crippen molar-refractivity contribution in [2.45, 2.75) is 45.1 Å². The number of pyridine rings is 1. The molecule has 0 spiro atoms. The third-order valence-electron chi connectivity index (χ3n) is 2.76. The predicted octanol–water partition coefficient (Wildman–Crippen LogP) is 2.70. The maximum absolute atomic E-state index is 12.4. The van der Waals surface area contributed by atoms with Crippen LogP contribution in [0.1, 0.15) is 32.2 Å². The van der Waals surface area contributed by atoms with Crippen molar-refractivity contribution in [2.24, 2.45) is 0 Å². The smallest absolute Gasteiger partial charge is 0.267 e. The molecule has 0 saturated carbocycles. The van der Waals surface area contributed by atoms with E-state index < -0.39 is 10.0 Å². The number of anilines is 2. The van der Waals surface area contributed by atoms with Crippen LogP contribution in [0.15, 0.2) is 27.7 Å². The number of aryl methyl sites for hydroxylation is 2. The summed E-state index contributed by atoms with van der Waals surface area (Å²) in [5, 5.41) is 6.86. The van der Waals surface area contributed by atoms with Crippen molar-refractivity contribution in [1.29, 1.82) is 0 Å². The van der Waals surface area contributed by atoms with Crippen molar-refractivity contribution in [3.8, 4) is 0 Å². The molecule has 8 heteroatoms. The predicted molar refractivity (Wildman–Crippen MR) is 84.4 cm³/mol. The van der Waals surface area contributed by atoms with Crippen LogP contribution >= 0.6 is 0 Å². The largest absolute Gasteiger partial charge is 0.365 e. The van der Waals surface area contributed by atoms with Gasteiger partial charge >= 0.3 is 0 Å². The first-order valence-electron chi connectivity index (χ1n) is 6.78. The average Bonchev–Trinajstić information content (AvgIpc) is 2.70. The highest BCUT2D eigenvalue weighted by molar-refractivity contribution is 7.92. The minimum Gasteiger partial charge on any atom is -0.365 e. The summed E-state index contributed by atoms with van der Waals surface area (Å²) in [6, 6.07) is 3.37. The Hall–Kier alpha value is -2.09. The van der Waals surface area contributed by atoms with Crippen molar-refractivity contribution >= 4 is 21.5 Å². The molecule has 0 aliphatic carbocycles. The monoisotopic (exact) mass is 324 g/mol. The first-order chi connectivity index (χ1) is 10.1. The van der Waals surface area contributed by atoms with E-state index in [0.717, 1.165) is 0 Å². The highest BCUT2D eigenvalue weighted by Crippen LogP contribution is 2.22. The molecular weight excluding hydrogens is 304 g/mol. The van der Waals surface area contributed by atoms with Gasteiger partial charge in [-0.05, 0) is 46.8 Å². The van der Waals surface area contributed by atoms with Crippen molar-refractivity contribution in [1.82, 2.24) is 10.1 Å². The van der Waals surface area contributed by atoms with Crippen molar-refractivity contribution in [3.63, 3.8) is 0 Å². The number of nitrogens with zero attached hydrogens (tertiary/aromatic N) is 2. The van der Waals surface area contributed by atoms with Crippen LogP contribution in [0.3, 0.4) is 0 Å². The second-order valence-electron chi connectivity index (χ2n) is 6.07. The molecule has 2 rings (SSSR count). The Labute approximate surface area is 130 Å². The van der Waals surface area contributed by atoms with Gasteiger partial charge in [-0.25, -0.2) is 13.4 Å². The molecule has 0 bridgehead atoms. The molecule has 0 aliphatic heterocycles. The van der Waals surface area contributed by atoms with E-state index in [1.165, 1.54) is 6.20 Å². The molecule has 2 aromatic heterocycles. The second-order valence-corrected chi connectivity index (χ2v) is 7.69. The molecule has 22 heavy (non-hydrogen) atoms. The fourth-order valence-corrected chi connectivity index (χ4v) is 3.35. The van der Waals surface area contributed by atoms with Gasteiger partial charge in [0.2, 0.25) is 0 Å². The first-order valence-corrected chi connectivity index (χ1v) is 8.27. The molecule has 0 radical (unpaired) electrons. The van der Waals surface area contributed by atoms with Gasteiger partial charge in [0.1, 0.15) is 11.5 Å². The van der Waals surface area contributed by atoms with E-state index in [4.69, 9.17) is 4.52 Å². The molecule has 2 aromatic rings. The number of nitrogens with one attached hydrogen (secondary N) is 2.